The molecule has 24 rings (SSSR count). The van der Waals surface area contributed by atoms with E-state index in [-0.39, 0.29) is 30.8 Å². The largest absolute Gasteiger partial charge is 0.435 e. The summed E-state index contributed by atoms with van der Waals surface area (Å²) in [5.74, 6) is 0. The smallest absolute Gasteiger partial charge is 0.227 e. The van der Waals surface area contributed by atoms with Crippen molar-refractivity contribution in [3.8, 4) is 0 Å². The van der Waals surface area contributed by atoms with Crippen LogP contribution >= 0.6 is 0 Å². The second-order valence-corrected chi connectivity index (χ2v) is 32.0. The summed E-state index contributed by atoms with van der Waals surface area (Å²) in [4.78, 5) is 43.6. The number of hydrogen-bond acceptors (Lipinski definition) is 20. The average Bonchev–Trinajstić information content (AvgIpc) is 1.58. The van der Waals surface area contributed by atoms with Crippen molar-refractivity contribution < 1.29 is 26.2 Å². The van der Waals surface area contributed by atoms with Gasteiger partial charge in [-0.3, -0.25) is 0 Å². The molecule has 9 aromatic carbocycles. The fraction of sp³-hybridized carbons (Fsp3) is 0.175. The van der Waals surface area contributed by atoms with Gasteiger partial charge in [0.25, 0.3) is 0 Å². The van der Waals surface area contributed by atoms with Crippen LogP contribution in [0.5, 0.6) is 0 Å². The lowest BCUT2D eigenvalue weighted by molar-refractivity contribution is 0.383. The molecular formula is C103H93N15O5. The number of para-hydroxylation sites is 6. The predicted octanol–water partition coefficient (Wildman–Crippen LogP) is 25.3. The van der Waals surface area contributed by atoms with Crippen LogP contribution in [0.2, 0.25) is 0 Å². The maximum absolute atomic E-state index is 7.66. The molecule has 5 aliphatic rings. The van der Waals surface area contributed by atoms with E-state index in [0.29, 0.717) is 28.6 Å². The number of rotatable bonds is 7. The number of anilines is 11. The number of aromatic nitrogens is 5. The van der Waals surface area contributed by atoms with Gasteiger partial charge in [-0.2, -0.15) is 0 Å². The monoisotopic (exact) mass is 1620 g/mol. The molecule has 0 N–H and O–H groups in total. The van der Waals surface area contributed by atoms with Crippen molar-refractivity contribution in [3.63, 3.8) is 0 Å². The summed E-state index contributed by atoms with van der Waals surface area (Å²) < 4.78 is 53.7. The van der Waals surface area contributed by atoms with Gasteiger partial charge in [-0.1, -0.05) is 121 Å². The highest BCUT2D eigenvalue weighted by Crippen LogP contribution is 2.53. The minimum absolute atomic E-state index is 0.0928. The Morgan fingerprint density at radius 3 is 0.911 bits per heavy atom. The van der Waals surface area contributed by atoms with Crippen molar-refractivity contribution in [2.45, 2.75) is 100 Å². The standard InChI is InChI=1S/C26H21N3O.C22H19N3O.C21H19N3O.2C17H17N3O/c1-17-14-15-20-21-11-8-16-27-26(21)30-25(20)24(17)29-18(2)28(19-9-4-3-5-10-19)22-12-6-7-13-23(22)29;1-15-10-11-18-19-9-6-12-23-22(19)26-21(18)20(15)25-14-13-24(16(25)2)17-7-4-3-5-8-17;1-13-10-11-15-16-7-6-12-22-21(16)25-20(15)19(13)24-14(2)23(3)17-8-4-5-9-18(17)24;2*1-11-6-7-13-14-5-4-8-18-17(14)21-16(13)15(11)20-10-9-19(3)12(20)2/h3-16,18H,1-2H3;3-14,16H,1-2H3;4-12,14H,1-3H3;2*4-10,12H,1-3H3/t18-;16-;14-;2*12-/m00000/s1/i;;;3D3;. The van der Waals surface area contributed by atoms with Crippen molar-refractivity contribution in [2.75, 3.05) is 60.3 Å². The zero-order chi connectivity index (χ0) is 86.7. The Bertz CT molecular complexity index is 7510. The summed E-state index contributed by atoms with van der Waals surface area (Å²) >= 11 is 0. The molecule has 10 aromatic heterocycles. The van der Waals surface area contributed by atoms with Crippen molar-refractivity contribution in [3.05, 3.63) is 327 Å². The molecule has 0 spiro atoms. The molecule has 0 saturated carbocycles. The van der Waals surface area contributed by atoms with Gasteiger partial charge in [-0.05, 0) is 206 Å². The van der Waals surface area contributed by atoms with Gasteiger partial charge in [0, 0.05) is 159 Å². The quantitative estimate of drug-likeness (QED) is 0.148. The van der Waals surface area contributed by atoms with Crippen LogP contribution in [0.25, 0.3) is 110 Å². The average molecular weight is 1620 g/mol. The molecule has 0 amide bonds. The molecule has 0 unspecified atom stereocenters. The Hall–Kier alpha value is -15.1. The Kier molecular flexibility index (Phi) is 18.4. The first-order valence-electron chi connectivity index (χ1n) is 43.1. The van der Waals surface area contributed by atoms with Crippen molar-refractivity contribution >= 4 is 173 Å². The number of furan rings is 5. The van der Waals surface area contributed by atoms with Gasteiger partial charge in [0.2, 0.25) is 28.6 Å². The maximum atomic E-state index is 7.66. The highest BCUT2D eigenvalue weighted by Gasteiger charge is 2.39. The maximum Gasteiger partial charge on any atom is 0.227 e. The molecule has 0 aliphatic carbocycles. The van der Waals surface area contributed by atoms with Gasteiger partial charge in [0.05, 0.1) is 51.2 Å². The summed E-state index contributed by atoms with van der Waals surface area (Å²) in [5.41, 5.74) is 26.0. The van der Waals surface area contributed by atoms with E-state index < -0.39 is 6.98 Å². The third-order valence-electron chi connectivity index (χ3n) is 24.8. The second kappa shape index (κ2) is 31.0. The molecule has 19 aromatic rings. The minimum Gasteiger partial charge on any atom is -0.435 e. The van der Waals surface area contributed by atoms with Gasteiger partial charge in [0.15, 0.2) is 27.9 Å². The van der Waals surface area contributed by atoms with Gasteiger partial charge in [-0.25, -0.2) is 24.9 Å². The van der Waals surface area contributed by atoms with Gasteiger partial charge < -0.3 is 71.1 Å². The molecule has 123 heavy (non-hydrogen) atoms. The van der Waals surface area contributed by atoms with Crippen LogP contribution < -0.4 is 39.2 Å². The van der Waals surface area contributed by atoms with E-state index in [4.69, 9.17) is 26.2 Å². The van der Waals surface area contributed by atoms with Crippen LogP contribution in [0.1, 0.15) is 66.5 Å². The third kappa shape index (κ3) is 12.9. The zero-order valence-electron chi connectivity index (χ0n) is 73.4. The fourth-order valence-electron chi connectivity index (χ4n) is 18.2. The van der Waals surface area contributed by atoms with Crippen LogP contribution in [-0.2, 0) is 0 Å². The fourth-order valence-corrected chi connectivity index (χ4v) is 18.2. The lowest BCUT2D eigenvalue weighted by Gasteiger charge is -2.31. The third-order valence-corrected chi connectivity index (χ3v) is 24.8. The molecule has 15 heterocycles. The number of fused-ring (bicyclic) bond motifs is 17. The number of pyridine rings is 5. The van der Waals surface area contributed by atoms with Crippen LogP contribution in [0.15, 0.2) is 321 Å². The summed E-state index contributed by atoms with van der Waals surface area (Å²) in [5, 5.41) is 10.6. The Morgan fingerprint density at radius 2 is 0.545 bits per heavy atom. The highest BCUT2D eigenvalue weighted by molar-refractivity contribution is 6.14. The van der Waals surface area contributed by atoms with E-state index in [1.807, 2.05) is 73.3 Å². The zero-order valence-corrected chi connectivity index (χ0v) is 70.4. The molecule has 5 aliphatic heterocycles. The second-order valence-electron chi connectivity index (χ2n) is 32.0. The topological polar surface area (TPSA) is 163 Å². The SMILES string of the molecule is Cc1ccc2c(oc3ncccc32)c1N1C=CN(C)[C@@H]1C.Cc1ccc2c(oc3ncccc32)c1N1C=CN(c2ccccc2)[C@@H]1C.Cc1ccc2c(oc3ncccc32)c1N1c2ccccc2N(C)[C@@H]1C.Cc1ccc2c(oc3ncccc32)c1N1c2ccccc2N(c2ccccc2)[C@@H]1C.[2H]C([2H])([2H])N1C=CN(c2c(C)ccc3c2oc2ncccc23)[C@H]1C. The number of nitrogens with zero attached hydrogens (tertiary/aromatic N) is 15. The first kappa shape index (κ1) is 73.1. The first-order valence-corrected chi connectivity index (χ1v) is 41.6. The highest BCUT2D eigenvalue weighted by atomic mass is 16.4. The molecule has 0 saturated heterocycles. The van der Waals surface area contributed by atoms with E-state index >= 15 is 0 Å². The molecule has 0 radical (unpaired) electrons. The van der Waals surface area contributed by atoms with E-state index in [2.05, 4.69) is 334 Å². The first-order chi connectivity index (χ1) is 61.2. The molecule has 20 heteroatoms. The Morgan fingerprint density at radius 1 is 0.252 bits per heavy atom. The van der Waals surface area contributed by atoms with E-state index in [9.17, 15) is 0 Å². The molecule has 20 nitrogen and oxygen atoms in total. The Labute approximate surface area is 716 Å². The van der Waals surface area contributed by atoms with Gasteiger partial charge >= 0.3 is 0 Å². The summed E-state index contributed by atoms with van der Waals surface area (Å²) in [6.45, 7) is 19.1. The van der Waals surface area contributed by atoms with Crippen LogP contribution in [-0.4, -0.2) is 86.6 Å². The summed E-state index contributed by atoms with van der Waals surface area (Å²) in [6, 6.07) is 79.3. The number of aryl methyl sites for hydroxylation is 5. The summed E-state index contributed by atoms with van der Waals surface area (Å²) in [6.07, 6.45) is 21.0. The van der Waals surface area contributed by atoms with E-state index in [1.165, 1.54) is 61.3 Å². The lowest BCUT2D eigenvalue weighted by atomic mass is 10.1. The molecular weight excluding hydrogens is 1530 g/mol. The van der Waals surface area contributed by atoms with Gasteiger partial charge in [-0.15, -0.1) is 0 Å². The Balaban J connectivity index is 0.0000000998. The van der Waals surface area contributed by atoms with Gasteiger partial charge in [0.1, 0.15) is 30.8 Å². The number of hydrogen-bond donors (Lipinski definition) is 0. The van der Waals surface area contributed by atoms with Crippen molar-refractivity contribution in [1.82, 2.24) is 34.7 Å². The summed E-state index contributed by atoms with van der Waals surface area (Å²) in [7, 11) is 4.22. The van der Waals surface area contributed by atoms with E-state index in [1.54, 1.807) is 43.4 Å². The minimum atomic E-state index is -2.18. The lowest BCUT2D eigenvalue weighted by Crippen LogP contribution is -2.36. The van der Waals surface area contributed by atoms with Crippen molar-refractivity contribution in [1.29, 1.82) is 0 Å². The predicted molar refractivity (Wildman–Crippen MR) is 502 cm³/mol. The van der Waals surface area contributed by atoms with Crippen molar-refractivity contribution in [2.24, 2.45) is 0 Å². The normalized spacial score (nSPS) is 17.6. The molecule has 610 valence electrons. The molecule has 5 atom stereocenters. The molecule has 0 fully saturated rings. The van der Waals surface area contributed by atoms with Crippen LogP contribution in [0, 0.1) is 34.6 Å². The van der Waals surface area contributed by atoms with Crippen LogP contribution in [0.3, 0.4) is 0 Å². The van der Waals surface area contributed by atoms with E-state index in [0.717, 1.165) is 116 Å². The van der Waals surface area contributed by atoms with Crippen LogP contribution in [0.4, 0.5) is 62.6 Å². The number of benzene rings is 9. The molecule has 0 bridgehead atoms.